The normalized spacial score (nSPS) is 14.6. The Morgan fingerprint density at radius 2 is 1.85 bits per heavy atom. The number of carbonyl (C=O) groups is 2. The standard InChI is InChI=1S/C24H30N6O3S/c1-14(2)26-22(32)17-8-10-29(11-9-17)24-28-21-20(34-24)23(33)30(13-25-21)12-18(31)27-19-15(3)6-5-7-16(19)4/h5-7,13-14,17H,8-12H2,1-4H3,(H,26,32)(H,27,31). The van der Waals surface area contributed by atoms with Gasteiger partial charge in [0.1, 0.15) is 17.6 Å². The number of rotatable bonds is 6. The second-order valence-corrected chi connectivity index (χ2v) is 10.0. The number of carbonyl (C=O) groups excluding carboxylic acids is 2. The third kappa shape index (κ3) is 5.11. The Hall–Kier alpha value is -3.27. The molecule has 2 amide bonds. The predicted octanol–water partition coefficient (Wildman–Crippen LogP) is 2.85. The summed E-state index contributed by atoms with van der Waals surface area (Å²) in [5, 5.41) is 6.61. The molecule has 2 aromatic heterocycles. The number of aryl methyl sites for hydroxylation is 2. The van der Waals surface area contributed by atoms with Crippen LogP contribution in [0.3, 0.4) is 0 Å². The van der Waals surface area contributed by atoms with Gasteiger partial charge in [-0.25, -0.2) is 4.98 Å². The third-order valence-electron chi connectivity index (χ3n) is 6.00. The molecule has 0 saturated carbocycles. The first kappa shape index (κ1) is 23.9. The van der Waals surface area contributed by atoms with Crippen molar-refractivity contribution in [3.05, 3.63) is 46.0 Å². The molecule has 1 fully saturated rings. The van der Waals surface area contributed by atoms with E-state index in [1.54, 1.807) is 0 Å². The summed E-state index contributed by atoms with van der Waals surface area (Å²) in [6.07, 6.45) is 2.86. The van der Waals surface area contributed by atoms with E-state index in [1.165, 1.54) is 22.2 Å². The maximum atomic E-state index is 13.0. The van der Waals surface area contributed by atoms with Gasteiger partial charge in [-0.2, -0.15) is 4.98 Å². The molecule has 2 N–H and O–H groups in total. The number of thiazole rings is 1. The molecule has 1 aliphatic rings. The summed E-state index contributed by atoms with van der Waals surface area (Å²) in [7, 11) is 0. The highest BCUT2D eigenvalue weighted by atomic mass is 32.1. The summed E-state index contributed by atoms with van der Waals surface area (Å²) in [4.78, 5) is 48.9. The van der Waals surface area contributed by atoms with Crippen LogP contribution in [-0.4, -0.2) is 45.5 Å². The van der Waals surface area contributed by atoms with Crippen LogP contribution in [0.2, 0.25) is 0 Å². The molecule has 180 valence electrons. The minimum Gasteiger partial charge on any atom is -0.354 e. The van der Waals surface area contributed by atoms with Crippen LogP contribution in [0.25, 0.3) is 10.3 Å². The van der Waals surface area contributed by atoms with E-state index in [0.717, 1.165) is 34.8 Å². The molecule has 3 aromatic rings. The summed E-state index contributed by atoms with van der Waals surface area (Å²) < 4.78 is 1.74. The van der Waals surface area contributed by atoms with Gasteiger partial charge in [-0.05, 0) is 51.7 Å². The van der Waals surface area contributed by atoms with Crippen molar-refractivity contribution in [2.45, 2.75) is 53.1 Å². The van der Waals surface area contributed by atoms with Crippen molar-refractivity contribution in [3.63, 3.8) is 0 Å². The van der Waals surface area contributed by atoms with E-state index in [2.05, 4.69) is 25.5 Å². The van der Waals surface area contributed by atoms with Gasteiger partial charge in [0.2, 0.25) is 11.8 Å². The van der Waals surface area contributed by atoms with Crippen molar-refractivity contribution in [2.75, 3.05) is 23.3 Å². The molecule has 4 rings (SSSR count). The number of para-hydroxylation sites is 1. The number of hydrogen-bond acceptors (Lipinski definition) is 7. The zero-order valence-corrected chi connectivity index (χ0v) is 20.7. The van der Waals surface area contributed by atoms with Crippen LogP contribution in [0.1, 0.15) is 37.8 Å². The van der Waals surface area contributed by atoms with Gasteiger partial charge in [0.15, 0.2) is 10.8 Å². The Kier molecular flexibility index (Phi) is 6.97. The quantitative estimate of drug-likeness (QED) is 0.559. The number of fused-ring (bicyclic) bond motifs is 1. The number of nitrogens with zero attached hydrogens (tertiary/aromatic N) is 4. The molecule has 0 spiro atoms. The van der Waals surface area contributed by atoms with Crippen LogP contribution in [0.15, 0.2) is 29.3 Å². The molecule has 0 unspecified atom stereocenters. The highest BCUT2D eigenvalue weighted by Gasteiger charge is 2.27. The highest BCUT2D eigenvalue weighted by Crippen LogP contribution is 2.29. The fourth-order valence-corrected chi connectivity index (χ4v) is 5.18. The topological polar surface area (TPSA) is 109 Å². The molecule has 0 aliphatic carbocycles. The minimum atomic E-state index is -0.285. The van der Waals surface area contributed by atoms with Crippen LogP contribution < -0.4 is 21.1 Å². The number of benzene rings is 1. The van der Waals surface area contributed by atoms with Crippen LogP contribution in [-0.2, 0) is 16.1 Å². The summed E-state index contributed by atoms with van der Waals surface area (Å²) >= 11 is 1.29. The molecule has 1 aromatic carbocycles. The van der Waals surface area contributed by atoms with E-state index in [4.69, 9.17) is 0 Å². The summed E-state index contributed by atoms with van der Waals surface area (Å²) in [6.45, 7) is 9.05. The largest absolute Gasteiger partial charge is 0.354 e. The van der Waals surface area contributed by atoms with Gasteiger partial charge in [0.25, 0.3) is 5.56 Å². The second kappa shape index (κ2) is 9.92. The molecular weight excluding hydrogens is 452 g/mol. The molecule has 3 heterocycles. The zero-order valence-electron chi connectivity index (χ0n) is 19.9. The molecule has 0 atom stereocenters. The van der Waals surface area contributed by atoms with Crippen LogP contribution in [0.4, 0.5) is 10.8 Å². The van der Waals surface area contributed by atoms with Gasteiger partial charge in [-0.3, -0.25) is 19.0 Å². The van der Waals surface area contributed by atoms with Gasteiger partial charge in [-0.1, -0.05) is 29.5 Å². The van der Waals surface area contributed by atoms with Gasteiger partial charge >= 0.3 is 0 Å². The molecule has 1 aliphatic heterocycles. The van der Waals surface area contributed by atoms with Crippen molar-refractivity contribution < 1.29 is 9.59 Å². The van der Waals surface area contributed by atoms with E-state index in [1.807, 2.05) is 45.9 Å². The second-order valence-electron chi connectivity index (χ2n) is 9.07. The SMILES string of the molecule is Cc1cccc(C)c1NC(=O)Cn1cnc2nc(N3CCC(C(=O)NC(C)C)CC3)sc2c1=O. The Labute approximate surface area is 202 Å². The summed E-state index contributed by atoms with van der Waals surface area (Å²) in [5.74, 6) is -0.186. The van der Waals surface area contributed by atoms with Crippen molar-refractivity contribution in [2.24, 2.45) is 5.92 Å². The van der Waals surface area contributed by atoms with Gasteiger partial charge in [-0.15, -0.1) is 0 Å². The Balaban J connectivity index is 1.45. The maximum absolute atomic E-state index is 13.0. The summed E-state index contributed by atoms with van der Waals surface area (Å²) in [5.41, 5.74) is 2.80. The van der Waals surface area contributed by atoms with Gasteiger partial charge in [0.05, 0.1) is 0 Å². The minimum absolute atomic E-state index is 0.00113. The van der Waals surface area contributed by atoms with Crippen molar-refractivity contribution in [1.29, 1.82) is 0 Å². The highest BCUT2D eigenvalue weighted by molar-refractivity contribution is 7.22. The first-order valence-corrected chi connectivity index (χ1v) is 12.3. The molecule has 34 heavy (non-hydrogen) atoms. The number of amides is 2. The van der Waals surface area contributed by atoms with Crippen molar-refractivity contribution in [3.8, 4) is 0 Å². The van der Waals surface area contributed by atoms with E-state index in [-0.39, 0.29) is 35.9 Å². The van der Waals surface area contributed by atoms with Crippen LogP contribution >= 0.6 is 11.3 Å². The lowest BCUT2D eigenvalue weighted by molar-refractivity contribution is -0.126. The number of anilines is 2. The lowest BCUT2D eigenvalue weighted by atomic mass is 9.96. The van der Waals surface area contributed by atoms with Crippen molar-refractivity contribution >= 4 is 44.3 Å². The number of aromatic nitrogens is 3. The number of piperidine rings is 1. The first-order chi connectivity index (χ1) is 16.2. The predicted molar refractivity (Wildman–Crippen MR) is 134 cm³/mol. The average molecular weight is 483 g/mol. The van der Waals surface area contributed by atoms with E-state index in [9.17, 15) is 14.4 Å². The molecule has 1 saturated heterocycles. The van der Waals surface area contributed by atoms with Gasteiger partial charge in [0, 0.05) is 30.7 Å². The summed E-state index contributed by atoms with van der Waals surface area (Å²) in [6, 6.07) is 5.93. The number of nitrogens with one attached hydrogen (secondary N) is 2. The van der Waals surface area contributed by atoms with Crippen LogP contribution in [0, 0.1) is 19.8 Å². The monoisotopic (exact) mass is 482 g/mol. The van der Waals surface area contributed by atoms with Crippen molar-refractivity contribution in [1.82, 2.24) is 19.9 Å². The molecule has 0 radical (unpaired) electrons. The first-order valence-electron chi connectivity index (χ1n) is 11.5. The average Bonchev–Trinajstić information content (AvgIpc) is 3.23. The lowest BCUT2D eigenvalue weighted by Gasteiger charge is -2.31. The molecular formula is C24H30N6O3S. The van der Waals surface area contributed by atoms with E-state index in [0.29, 0.717) is 23.4 Å². The van der Waals surface area contributed by atoms with Crippen LogP contribution in [0.5, 0.6) is 0 Å². The fourth-order valence-electron chi connectivity index (χ4n) is 4.16. The lowest BCUT2D eigenvalue weighted by Crippen LogP contribution is -2.42. The van der Waals surface area contributed by atoms with Gasteiger partial charge < -0.3 is 15.5 Å². The Morgan fingerprint density at radius 3 is 2.50 bits per heavy atom. The Bertz CT molecular complexity index is 1250. The third-order valence-corrected chi connectivity index (χ3v) is 7.09. The molecule has 9 nitrogen and oxygen atoms in total. The maximum Gasteiger partial charge on any atom is 0.273 e. The van der Waals surface area contributed by atoms with E-state index < -0.39 is 0 Å². The number of hydrogen-bond donors (Lipinski definition) is 2. The molecule has 10 heteroatoms. The smallest absolute Gasteiger partial charge is 0.273 e. The van der Waals surface area contributed by atoms with E-state index >= 15 is 0 Å². The Morgan fingerprint density at radius 1 is 1.18 bits per heavy atom. The zero-order chi connectivity index (χ0) is 24.4. The fraction of sp³-hybridized carbons (Fsp3) is 0.458. The molecule has 0 bridgehead atoms.